The van der Waals surface area contributed by atoms with Crippen molar-refractivity contribution in [2.24, 2.45) is 5.92 Å². The van der Waals surface area contributed by atoms with Gasteiger partial charge in [0.25, 0.3) is 5.91 Å². The summed E-state index contributed by atoms with van der Waals surface area (Å²) in [6, 6.07) is 11.7. The molecule has 2 aliphatic rings. The number of aromatic nitrogens is 1. The van der Waals surface area contributed by atoms with Crippen LogP contribution in [-0.2, 0) is 17.9 Å². The predicted molar refractivity (Wildman–Crippen MR) is 129 cm³/mol. The number of fused-ring (bicyclic) bond motifs is 3. The van der Waals surface area contributed by atoms with Gasteiger partial charge in [0.1, 0.15) is 11.2 Å². The Hall–Kier alpha value is -2.31. The molecule has 7 heteroatoms. The molecular formula is C25H28ClN3O2S. The highest BCUT2D eigenvalue weighted by Gasteiger charge is 2.48. The first-order chi connectivity index (χ1) is 15.3. The Morgan fingerprint density at radius 1 is 1.22 bits per heavy atom. The van der Waals surface area contributed by atoms with Gasteiger partial charge in [0.05, 0.1) is 16.8 Å². The maximum absolute atomic E-state index is 13.7. The van der Waals surface area contributed by atoms with E-state index in [0.717, 1.165) is 41.5 Å². The second kappa shape index (κ2) is 8.23. The number of hydrogen-bond acceptors (Lipinski definition) is 3. The molecule has 1 N–H and O–H groups in total. The quantitative estimate of drug-likeness (QED) is 0.551. The lowest BCUT2D eigenvalue weighted by Gasteiger charge is -2.45. The molecule has 0 unspecified atom stereocenters. The fraction of sp³-hybridized carbons (Fsp3) is 0.440. The molecule has 3 aromatic rings. The minimum Gasteiger partial charge on any atom is -0.351 e. The van der Waals surface area contributed by atoms with E-state index in [-0.39, 0.29) is 17.9 Å². The molecule has 32 heavy (non-hydrogen) atoms. The molecule has 1 aliphatic heterocycles. The molecule has 1 atom stereocenters. The molecule has 1 saturated carbocycles. The van der Waals surface area contributed by atoms with E-state index in [1.54, 1.807) is 16.2 Å². The van der Waals surface area contributed by atoms with E-state index >= 15 is 0 Å². The minimum atomic E-state index is -0.997. The van der Waals surface area contributed by atoms with E-state index in [9.17, 15) is 9.59 Å². The van der Waals surface area contributed by atoms with Gasteiger partial charge < -0.3 is 14.8 Å². The zero-order chi connectivity index (χ0) is 22.5. The summed E-state index contributed by atoms with van der Waals surface area (Å²) >= 11 is 7.83. The maximum atomic E-state index is 13.7. The molecule has 3 heterocycles. The lowest BCUT2D eigenvalue weighted by Crippen LogP contribution is -2.64. The number of rotatable bonds is 4. The summed E-state index contributed by atoms with van der Waals surface area (Å²) in [6.45, 7) is 4.94. The molecule has 0 bridgehead atoms. The fourth-order valence-electron chi connectivity index (χ4n) is 5.08. The Morgan fingerprint density at radius 3 is 2.75 bits per heavy atom. The molecule has 5 rings (SSSR count). The number of carbonyl (C=O) groups excluding carboxylic acids is 2. The average Bonchev–Trinajstić information content (AvgIpc) is 3.35. The first-order valence-corrected chi connectivity index (χ1v) is 12.5. The second-order valence-electron chi connectivity index (χ2n) is 9.51. The molecule has 2 amide bonds. The summed E-state index contributed by atoms with van der Waals surface area (Å²) in [5.74, 6) is 0.522. The van der Waals surface area contributed by atoms with Gasteiger partial charge in [-0.1, -0.05) is 30.7 Å². The van der Waals surface area contributed by atoms with Crippen LogP contribution in [0.4, 0.5) is 0 Å². The van der Waals surface area contributed by atoms with Gasteiger partial charge in [-0.3, -0.25) is 9.59 Å². The smallest absolute Gasteiger partial charge is 0.271 e. The predicted octanol–water partition coefficient (Wildman–Crippen LogP) is 5.47. The van der Waals surface area contributed by atoms with Gasteiger partial charge in [-0.25, -0.2) is 0 Å². The maximum Gasteiger partial charge on any atom is 0.271 e. The minimum absolute atomic E-state index is 0.0739. The van der Waals surface area contributed by atoms with Gasteiger partial charge in [0.15, 0.2) is 0 Å². The summed E-state index contributed by atoms with van der Waals surface area (Å²) in [5.41, 5.74) is 1.58. The van der Waals surface area contributed by atoms with Crippen LogP contribution < -0.4 is 5.32 Å². The molecule has 5 nitrogen and oxygen atoms in total. The topological polar surface area (TPSA) is 54.3 Å². The van der Waals surface area contributed by atoms with Gasteiger partial charge in [0.2, 0.25) is 5.91 Å². The van der Waals surface area contributed by atoms with Crippen LogP contribution in [0.2, 0.25) is 5.02 Å². The fourth-order valence-corrected chi connectivity index (χ4v) is 6.12. The summed E-state index contributed by atoms with van der Waals surface area (Å²) in [7, 11) is 0. The number of hydrogen-bond donors (Lipinski definition) is 1. The van der Waals surface area contributed by atoms with Crippen molar-refractivity contribution >= 4 is 45.0 Å². The molecule has 1 aromatic carbocycles. The number of halogens is 1. The van der Waals surface area contributed by atoms with Crippen molar-refractivity contribution in [1.82, 2.24) is 14.8 Å². The van der Waals surface area contributed by atoms with Crippen LogP contribution in [0, 0.1) is 5.92 Å². The zero-order valence-electron chi connectivity index (χ0n) is 18.4. The summed E-state index contributed by atoms with van der Waals surface area (Å²) in [4.78, 5) is 29.2. The number of thiophene rings is 1. The van der Waals surface area contributed by atoms with Crippen LogP contribution in [0.15, 0.2) is 41.8 Å². The zero-order valence-corrected chi connectivity index (χ0v) is 20.0. The average molecular weight is 470 g/mol. The number of benzene rings is 1. The van der Waals surface area contributed by atoms with Crippen molar-refractivity contribution in [3.05, 3.63) is 58.1 Å². The Bertz CT molecular complexity index is 1180. The third kappa shape index (κ3) is 3.73. The molecular weight excluding hydrogens is 442 g/mol. The first kappa shape index (κ1) is 21.5. The summed E-state index contributed by atoms with van der Waals surface area (Å²) < 4.78 is 3.09. The lowest BCUT2D eigenvalue weighted by atomic mass is 9.86. The van der Waals surface area contributed by atoms with Crippen LogP contribution in [0.3, 0.4) is 0 Å². The van der Waals surface area contributed by atoms with Gasteiger partial charge >= 0.3 is 0 Å². The number of nitrogens with zero attached hydrogens (tertiary/aromatic N) is 2. The van der Waals surface area contributed by atoms with E-state index in [1.165, 1.54) is 0 Å². The molecule has 0 spiro atoms. The van der Waals surface area contributed by atoms with E-state index in [2.05, 4.69) is 12.2 Å². The standard InChI is InChI=1S/C25H28ClN3O2S/c1-16-6-8-19(9-7-16)27-24(31)25(2)15-28-20-10-11-32-22(20)13-21(28)23(30)29(25)14-17-4-3-5-18(26)12-17/h3-5,10-13,16,19H,6-9,14-15H2,1-2H3,(H,27,31)/t16?,19?,25-/m0/s1. The van der Waals surface area contributed by atoms with Gasteiger partial charge in [0, 0.05) is 17.6 Å². The number of nitrogens with one attached hydrogen (secondary N) is 1. The number of carbonyl (C=O) groups is 2. The largest absolute Gasteiger partial charge is 0.351 e. The van der Waals surface area contributed by atoms with Crippen LogP contribution >= 0.6 is 22.9 Å². The molecule has 168 valence electrons. The Morgan fingerprint density at radius 2 is 2.00 bits per heavy atom. The van der Waals surface area contributed by atoms with E-state index < -0.39 is 5.54 Å². The molecule has 0 radical (unpaired) electrons. The first-order valence-electron chi connectivity index (χ1n) is 11.3. The highest BCUT2D eigenvalue weighted by atomic mass is 35.5. The van der Waals surface area contributed by atoms with Gasteiger partial charge in [-0.15, -0.1) is 11.3 Å². The van der Waals surface area contributed by atoms with Crippen LogP contribution in [-0.4, -0.2) is 32.9 Å². The van der Waals surface area contributed by atoms with Gasteiger partial charge in [-0.05, 0) is 73.7 Å². The molecule has 2 aromatic heterocycles. The third-order valence-electron chi connectivity index (χ3n) is 7.12. The van der Waals surface area contributed by atoms with E-state index in [4.69, 9.17) is 11.6 Å². The van der Waals surface area contributed by atoms with Crippen LogP contribution in [0.1, 0.15) is 55.6 Å². The van der Waals surface area contributed by atoms with Crippen molar-refractivity contribution in [3.8, 4) is 0 Å². The SMILES string of the molecule is CC1CCC(NC(=O)[C@]2(C)Cn3c(cc4sccc43)C(=O)N2Cc2cccc(Cl)c2)CC1. The Balaban J connectivity index is 1.51. The third-order valence-corrected chi connectivity index (χ3v) is 8.21. The van der Waals surface area contributed by atoms with Crippen molar-refractivity contribution in [3.63, 3.8) is 0 Å². The Kier molecular flexibility index (Phi) is 5.54. The van der Waals surface area contributed by atoms with Crippen molar-refractivity contribution in [2.75, 3.05) is 0 Å². The highest BCUT2D eigenvalue weighted by molar-refractivity contribution is 7.17. The van der Waals surface area contributed by atoms with E-state index in [0.29, 0.717) is 29.7 Å². The normalized spacial score (nSPS) is 25.7. The molecule has 1 aliphatic carbocycles. The second-order valence-corrected chi connectivity index (χ2v) is 10.9. The number of amides is 2. The Labute approximate surface area is 197 Å². The molecule has 1 fully saturated rings. The lowest BCUT2D eigenvalue weighted by molar-refractivity contribution is -0.134. The van der Waals surface area contributed by atoms with Crippen LogP contribution in [0.5, 0.6) is 0 Å². The summed E-state index contributed by atoms with van der Waals surface area (Å²) in [5, 5.41) is 5.95. The van der Waals surface area contributed by atoms with Crippen molar-refractivity contribution in [2.45, 2.75) is 64.2 Å². The van der Waals surface area contributed by atoms with Gasteiger partial charge in [-0.2, -0.15) is 0 Å². The van der Waals surface area contributed by atoms with E-state index in [1.807, 2.05) is 53.3 Å². The summed E-state index contributed by atoms with van der Waals surface area (Å²) in [6.07, 6.45) is 4.25. The highest BCUT2D eigenvalue weighted by Crippen LogP contribution is 2.36. The van der Waals surface area contributed by atoms with Crippen molar-refractivity contribution < 1.29 is 9.59 Å². The van der Waals surface area contributed by atoms with Crippen LogP contribution in [0.25, 0.3) is 10.2 Å². The van der Waals surface area contributed by atoms with Crippen molar-refractivity contribution in [1.29, 1.82) is 0 Å². The molecule has 0 saturated heterocycles. The monoisotopic (exact) mass is 469 g/mol.